The van der Waals surface area contributed by atoms with E-state index in [0.29, 0.717) is 35.7 Å². The predicted octanol–water partition coefficient (Wildman–Crippen LogP) is 4.45. The molecule has 1 fully saturated rings. The minimum Gasteiger partial charge on any atom is -0.314 e. The van der Waals surface area contributed by atoms with Crippen molar-refractivity contribution in [3.05, 3.63) is 33.3 Å². The van der Waals surface area contributed by atoms with Crippen molar-refractivity contribution in [3.8, 4) is 0 Å². The van der Waals surface area contributed by atoms with E-state index in [-0.39, 0.29) is 30.4 Å². The molecular weight excluding hydrogens is 415 g/mol. The van der Waals surface area contributed by atoms with Crippen molar-refractivity contribution >= 4 is 52.3 Å². The van der Waals surface area contributed by atoms with Gasteiger partial charge in [-0.15, -0.1) is 24.8 Å². The predicted molar refractivity (Wildman–Crippen MR) is 86.9 cm³/mol. The lowest BCUT2D eigenvalue weighted by Crippen LogP contribution is -2.49. The van der Waals surface area contributed by atoms with Gasteiger partial charge in [-0.3, -0.25) is 4.90 Å². The van der Waals surface area contributed by atoms with Gasteiger partial charge < -0.3 is 5.32 Å². The van der Waals surface area contributed by atoms with E-state index < -0.39 is 12.2 Å². The van der Waals surface area contributed by atoms with Crippen LogP contribution in [0.2, 0.25) is 5.02 Å². The fourth-order valence-corrected chi connectivity index (χ4v) is 2.74. The van der Waals surface area contributed by atoms with Crippen LogP contribution in [-0.2, 0) is 0 Å². The fraction of sp³-hybridized carbons (Fsp3) is 0.500. The van der Waals surface area contributed by atoms with Gasteiger partial charge in [0.2, 0.25) is 0 Å². The number of benzene rings is 1. The number of rotatable bonds is 2. The molecular formula is C12H15BrCl3F3N2. The van der Waals surface area contributed by atoms with E-state index >= 15 is 0 Å². The zero-order valence-electron chi connectivity index (χ0n) is 10.8. The first-order valence-electron chi connectivity index (χ1n) is 5.86. The van der Waals surface area contributed by atoms with Gasteiger partial charge in [0.25, 0.3) is 0 Å². The summed E-state index contributed by atoms with van der Waals surface area (Å²) in [5, 5.41) is 3.46. The molecule has 21 heavy (non-hydrogen) atoms. The third-order valence-corrected chi connectivity index (χ3v) is 4.30. The minimum atomic E-state index is -4.30. The third-order valence-electron chi connectivity index (χ3n) is 3.09. The molecule has 1 heterocycles. The average Bonchev–Trinajstić information content (AvgIpc) is 2.34. The number of nitrogens with zero attached hydrogens (tertiary/aromatic N) is 1. The average molecular weight is 431 g/mol. The van der Waals surface area contributed by atoms with Crippen molar-refractivity contribution < 1.29 is 13.2 Å². The van der Waals surface area contributed by atoms with E-state index in [2.05, 4.69) is 21.2 Å². The summed E-state index contributed by atoms with van der Waals surface area (Å²) >= 11 is 9.01. The van der Waals surface area contributed by atoms with Gasteiger partial charge in [-0.25, -0.2) is 0 Å². The molecule has 1 saturated heterocycles. The Labute approximate surface area is 147 Å². The first-order chi connectivity index (χ1) is 8.89. The molecule has 1 aliphatic heterocycles. The van der Waals surface area contributed by atoms with Crippen LogP contribution in [0, 0.1) is 0 Å². The summed E-state index contributed by atoms with van der Waals surface area (Å²) < 4.78 is 40.4. The van der Waals surface area contributed by atoms with Gasteiger partial charge in [0, 0.05) is 30.7 Å². The highest BCUT2D eigenvalue weighted by molar-refractivity contribution is 9.10. The van der Waals surface area contributed by atoms with Gasteiger partial charge in [0.1, 0.15) is 6.04 Å². The molecule has 1 atom stereocenters. The van der Waals surface area contributed by atoms with Gasteiger partial charge in [-0.1, -0.05) is 17.7 Å². The van der Waals surface area contributed by atoms with E-state index in [1.807, 2.05) is 0 Å². The number of hydrogen-bond acceptors (Lipinski definition) is 2. The highest BCUT2D eigenvalue weighted by atomic mass is 79.9. The van der Waals surface area contributed by atoms with Crippen LogP contribution in [0.5, 0.6) is 0 Å². The molecule has 0 amide bonds. The maximum Gasteiger partial charge on any atom is 0.408 e. The Kier molecular flexibility index (Phi) is 8.91. The quantitative estimate of drug-likeness (QED) is 0.746. The van der Waals surface area contributed by atoms with Crippen LogP contribution < -0.4 is 5.32 Å². The molecule has 0 bridgehead atoms. The van der Waals surface area contributed by atoms with Crippen LogP contribution in [0.25, 0.3) is 0 Å². The molecule has 0 unspecified atom stereocenters. The number of piperazine rings is 1. The molecule has 0 radical (unpaired) electrons. The molecule has 1 aromatic rings. The second kappa shape index (κ2) is 8.79. The van der Waals surface area contributed by atoms with Gasteiger partial charge in [-0.2, -0.15) is 13.2 Å². The zero-order chi connectivity index (χ0) is 14.0. The molecule has 1 N–H and O–H groups in total. The minimum absolute atomic E-state index is 0. The van der Waals surface area contributed by atoms with Crippen molar-refractivity contribution in [1.82, 2.24) is 10.2 Å². The Morgan fingerprint density at radius 1 is 1.19 bits per heavy atom. The van der Waals surface area contributed by atoms with Crippen molar-refractivity contribution in [2.75, 3.05) is 26.2 Å². The monoisotopic (exact) mass is 428 g/mol. The number of hydrogen-bond donors (Lipinski definition) is 1. The third kappa shape index (κ3) is 5.44. The summed E-state index contributed by atoms with van der Waals surface area (Å²) in [7, 11) is 0. The molecule has 0 spiro atoms. The fourth-order valence-electron chi connectivity index (χ4n) is 2.23. The van der Waals surface area contributed by atoms with Crippen molar-refractivity contribution in [3.63, 3.8) is 0 Å². The lowest BCUT2D eigenvalue weighted by Gasteiger charge is -2.36. The molecule has 0 aromatic heterocycles. The Balaban J connectivity index is 0.00000200. The number of nitrogens with one attached hydrogen (secondary N) is 1. The smallest absolute Gasteiger partial charge is 0.314 e. The summed E-state index contributed by atoms with van der Waals surface area (Å²) in [6, 6.07) is 2.79. The topological polar surface area (TPSA) is 15.3 Å². The molecule has 0 saturated carbocycles. The van der Waals surface area contributed by atoms with E-state index in [9.17, 15) is 13.2 Å². The first kappa shape index (κ1) is 21.3. The zero-order valence-corrected chi connectivity index (χ0v) is 14.8. The maximum absolute atomic E-state index is 13.3. The van der Waals surface area contributed by atoms with Crippen LogP contribution in [0.4, 0.5) is 13.2 Å². The lowest BCUT2D eigenvalue weighted by atomic mass is 10.0. The van der Waals surface area contributed by atoms with E-state index in [4.69, 9.17) is 11.6 Å². The van der Waals surface area contributed by atoms with E-state index in [1.165, 1.54) is 23.1 Å². The van der Waals surface area contributed by atoms with Crippen molar-refractivity contribution in [2.24, 2.45) is 0 Å². The number of alkyl halides is 3. The highest BCUT2D eigenvalue weighted by Crippen LogP contribution is 2.39. The number of halogens is 7. The summed E-state index contributed by atoms with van der Waals surface area (Å²) in [5.41, 5.74) is 0.214. The van der Waals surface area contributed by atoms with Gasteiger partial charge >= 0.3 is 6.18 Å². The molecule has 0 aliphatic carbocycles. The van der Waals surface area contributed by atoms with Gasteiger partial charge in [0.05, 0.1) is 5.02 Å². The second-order valence-corrected chi connectivity index (χ2v) is 5.67. The van der Waals surface area contributed by atoms with Crippen LogP contribution >= 0.6 is 52.3 Å². The second-order valence-electron chi connectivity index (χ2n) is 4.40. The van der Waals surface area contributed by atoms with E-state index in [1.54, 1.807) is 0 Å². The van der Waals surface area contributed by atoms with E-state index in [0.717, 1.165) is 0 Å². The highest BCUT2D eigenvalue weighted by Gasteiger charge is 2.44. The Morgan fingerprint density at radius 3 is 2.24 bits per heavy atom. The van der Waals surface area contributed by atoms with Crippen LogP contribution in [0.3, 0.4) is 0 Å². The summed E-state index contributed by atoms with van der Waals surface area (Å²) in [6.45, 7) is 1.90. The Hall–Kier alpha value is 0.280. The lowest BCUT2D eigenvalue weighted by molar-refractivity contribution is -0.187. The van der Waals surface area contributed by atoms with Crippen molar-refractivity contribution in [1.29, 1.82) is 0 Å². The molecule has 2 rings (SSSR count). The maximum atomic E-state index is 13.3. The Bertz CT molecular complexity index is 454. The standard InChI is InChI=1S/C12H13BrClF3N2.2ClH/c13-9-7-8(1-2-10(9)14)11(12(15,16)17)19-5-3-18-4-6-19;;/h1-2,7,11,18H,3-6H2;2*1H/t11-;;/m1../s1. The molecule has 1 aliphatic rings. The summed E-state index contributed by atoms with van der Waals surface area (Å²) in [6.07, 6.45) is -4.30. The van der Waals surface area contributed by atoms with Crippen LogP contribution in [0.15, 0.2) is 22.7 Å². The molecule has 2 nitrogen and oxygen atoms in total. The van der Waals surface area contributed by atoms with Crippen LogP contribution in [-0.4, -0.2) is 37.3 Å². The summed E-state index contributed by atoms with van der Waals surface area (Å²) in [5.74, 6) is 0. The van der Waals surface area contributed by atoms with Crippen LogP contribution in [0.1, 0.15) is 11.6 Å². The normalized spacial score (nSPS) is 17.6. The van der Waals surface area contributed by atoms with Gasteiger partial charge in [0.15, 0.2) is 0 Å². The van der Waals surface area contributed by atoms with Crippen molar-refractivity contribution in [2.45, 2.75) is 12.2 Å². The largest absolute Gasteiger partial charge is 0.408 e. The SMILES string of the molecule is Cl.Cl.FC(F)(F)[C@@H](c1ccc(Cl)c(Br)c1)N1CCNCC1. The van der Waals surface area contributed by atoms with Gasteiger partial charge in [-0.05, 0) is 33.6 Å². The molecule has 122 valence electrons. The first-order valence-corrected chi connectivity index (χ1v) is 7.03. The summed E-state index contributed by atoms with van der Waals surface area (Å²) in [4.78, 5) is 1.45. The Morgan fingerprint density at radius 2 is 1.76 bits per heavy atom. The molecule has 9 heteroatoms. The molecule has 1 aromatic carbocycles.